The van der Waals surface area contributed by atoms with E-state index in [-0.39, 0.29) is 12.4 Å². The summed E-state index contributed by atoms with van der Waals surface area (Å²) >= 11 is 0. The summed E-state index contributed by atoms with van der Waals surface area (Å²) in [5.41, 5.74) is 1.47. The Hall–Kier alpha value is -2.35. The first kappa shape index (κ1) is 24.3. The van der Waals surface area contributed by atoms with Crippen LogP contribution in [0.1, 0.15) is 43.4 Å². The molecule has 0 radical (unpaired) electrons. The Bertz CT molecular complexity index is 926. The van der Waals surface area contributed by atoms with Crippen molar-refractivity contribution in [3.8, 4) is 11.5 Å². The second kappa shape index (κ2) is 9.65. The van der Waals surface area contributed by atoms with Gasteiger partial charge in [0.05, 0.1) is 0 Å². The third-order valence-corrected chi connectivity index (χ3v) is 7.75. The van der Waals surface area contributed by atoms with Crippen molar-refractivity contribution < 1.29 is 32.2 Å². The molecule has 1 aliphatic heterocycles. The van der Waals surface area contributed by atoms with E-state index in [0.29, 0.717) is 22.2 Å². The number of alkyl halides is 3. The van der Waals surface area contributed by atoms with Gasteiger partial charge in [0, 0.05) is 10.9 Å². The number of hydrogen-bond donors (Lipinski definition) is 0. The molecule has 0 unspecified atom stereocenters. The Morgan fingerprint density at radius 1 is 1.00 bits per heavy atom. The molecule has 0 N–H and O–H groups in total. The van der Waals surface area contributed by atoms with E-state index >= 15 is 0 Å². The van der Waals surface area contributed by atoms with Gasteiger partial charge in [-0.15, -0.1) is 13.2 Å². The van der Waals surface area contributed by atoms with Crippen LogP contribution in [0.15, 0.2) is 41.3 Å². The van der Waals surface area contributed by atoms with E-state index in [9.17, 15) is 18.0 Å². The van der Waals surface area contributed by atoms with Crippen LogP contribution in [0.4, 0.5) is 13.2 Å². The zero-order valence-electron chi connectivity index (χ0n) is 18.7. The normalized spacial score (nSPS) is 15.0. The van der Waals surface area contributed by atoms with Gasteiger partial charge in [0.25, 0.3) is 0 Å². The molecule has 0 bridgehead atoms. The summed E-state index contributed by atoms with van der Waals surface area (Å²) in [5.74, 6) is 2.26. The van der Waals surface area contributed by atoms with Crippen LogP contribution >= 0.6 is 0 Å². The van der Waals surface area contributed by atoms with Gasteiger partial charge in [-0.05, 0) is 81.5 Å². The number of aryl methyl sites for hydroxylation is 2. The fourth-order valence-electron chi connectivity index (χ4n) is 3.76. The zero-order valence-corrected chi connectivity index (χ0v) is 19.5. The standard InChI is InChI=1S/C24H28F3O4S/c1-16-13-20(32-11-5-6-12-32)14-17(2)22(16)29-15-21(28)31-23(3,4)18-7-9-19(10-8-18)30-24(25,26)27/h7-10,13-14H,5-6,11-12,15H2,1-4H3/q+1. The smallest absolute Gasteiger partial charge is 0.481 e. The SMILES string of the molecule is Cc1cc([S+]2CCCC2)cc(C)c1OCC(=O)OC(C)(C)c1ccc(OC(F)(F)F)cc1. The van der Waals surface area contributed by atoms with Crippen LogP contribution in [0.2, 0.25) is 0 Å². The molecule has 2 aromatic rings. The monoisotopic (exact) mass is 469 g/mol. The van der Waals surface area contributed by atoms with Crippen LogP contribution in [-0.4, -0.2) is 30.4 Å². The molecule has 1 fully saturated rings. The molecule has 174 valence electrons. The molecule has 4 nitrogen and oxygen atoms in total. The largest absolute Gasteiger partial charge is 0.573 e. The number of benzene rings is 2. The number of ether oxygens (including phenoxy) is 3. The molecule has 0 amide bonds. The number of esters is 1. The molecular weight excluding hydrogens is 441 g/mol. The van der Waals surface area contributed by atoms with Crippen molar-refractivity contribution in [3.05, 3.63) is 53.1 Å². The number of hydrogen-bond acceptors (Lipinski definition) is 4. The average Bonchev–Trinajstić information content (AvgIpc) is 3.21. The summed E-state index contributed by atoms with van der Waals surface area (Å²) in [6.07, 6.45) is -2.20. The molecule has 0 spiro atoms. The Morgan fingerprint density at radius 3 is 2.09 bits per heavy atom. The summed E-state index contributed by atoms with van der Waals surface area (Å²) in [6, 6.07) is 9.55. The highest BCUT2D eigenvalue weighted by atomic mass is 32.2. The highest BCUT2D eigenvalue weighted by Gasteiger charge is 2.32. The van der Waals surface area contributed by atoms with E-state index in [1.54, 1.807) is 13.8 Å². The summed E-state index contributed by atoms with van der Waals surface area (Å²) in [7, 11) is 0.307. The molecule has 1 saturated heterocycles. The highest BCUT2D eigenvalue weighted by Crippen LogP contribution is 2.32. The summed E-state index contributed by atoms with van der Waals surface area (Å²) in [4.78, 5) is 13.8. The molecular formula is C24H28F3O4S+. The Labute approximate surface area is 189 Å². The second-order valence-corrected chi connectivity index (χ2v) is 10.6. The molecule has 0 aromatic heterocycles. The minimum Gasteiger partial charge on any atom is -0.481 e. The number of carbonyl (C=O) groups is 1. The third kappa shape index (κ3) is 6.34. The maximum atomic E-state index is 12.4. The van der Waals surface area contributed by atoms with Crippen molar-refractivity contribution in [1.29, 1.82) is 0 Å². The molecule has 0 aliphatic carbocycles. The van der Waals surface area contributed by atoms with E-state index in [0.717, 1.165) is 11.1 Å². The van der Waals surface area contributed by atoms with Gasteiger partial charge in [-0.1, -0.05) is 12.1 Å². The van der Waals surface area contributed by atoms with Crippen LogP contribution in [0.25, 0.3) is 0 Å². The zero-order chi connectivity index (χ0) is 23.5. The number of halogens is 3. The second-order valence-electron chi connectivity index (χ2n) is 8.34. The molecule has 3 rings (SSSR count). The fourth-order valence-corrected chi connectivity index (χ4v) is 6.22. The van der Waals surface area contributed by atoms with E-state index in [2.05, 4.69) is 16.9 Å². The molecule has 8 heteroatoms. The molecule has 1 heterocycles. The molecule has 0 saturated carbocycles. The van der Waals surface area contributed by atoms with Crippen LogP contribution < -0.4 is 9.47 Å². The number of carbonyl (C=O) groups excluding carboxylic acids is 1. The van der Waals surface area contributed by atoms with Crippen LogP contribution in [0, 0.1) is 13.8 Å². The van der Waals surface area contributed by atoms with Crippen molar-refractivity contribution in [1.82, 2.24) is 0 Å². The van der Waals surface area contributed by atoms with Gasteiger partial charge in [-0.3, -0.25) is 0 Å². The summed E-state index contributed by atoms with van der Waals surface area (Å²) < 4.78 is 52.2. The highest BCUT2D eigenvalue weighted by molar-refractivity contribution is 7.97. The van der Waals surface area contributed by atoms with Crippen molar-refractivity contribution >= 4 is 16.9 Å². The minimum atomic E-state index is -4.76. The average molecular weight is 470 g/mol. The van der Waals surface area contributed by atoms with Crippen LogP contribution in [0.5, 0.6) is 11.5 Å². The first-order valence-corrected chi connectivity index (χ1v) is 12.0. The molecule has 32 heavy (non-hydrogen) atoms. The quantitative estimate of drug-likeness (QED) is 0.378. The van der Waals surface area contributed by atoms with Gasteiger partial charge in [0.1, 0.15) is 28.6 Å². The number of rotatable bonds is 7. The lowest BCUT2D eigenvalue weighted by molar-refractivity contribution is -0.274. The lowest BCUT2D eigenvalue weighted by Crippen LogP contribution is -2.28. The maximum Gasteiger partial charge on any atom is 0.573 e. The molecule has 2 aromatic carbocycles. The third-order valence-electron chi connectivity index (χ3n) is 5.29. The van der Waals surface area contributed by atoms with Gasteiger partial charge < -0.3 is 14.2 Å². The van der Waals surface area contributed by atoms with E-state index < -0.39 is 17.9 Å². The Morgan fingerprint density at radius 2 is 1.56 bits per heavy atom. The Balaban J connectivity index is 1.60. The van der Waals surface area contributed by atoms with E-state index in [1.807, 2.05) is 13.8 Å². The van der Waals surface area contributed by atoms with Gasteiger partial charge in [-0.25, -0.2) is 4.79 Å². The lowest BCUT2D eigenvalue weighted by Gasteiger charge is -2.26. The van der Waals surface area contributed by atoms with Gasteiger partial charge >= 0.3 is 12.3 Å². The Kier molecular flexibility index (Phi) is 7.32. The topological polar surface area (TPSA) is 44.8 Å². The predicted molar refractivity (Wildman–Crippen MR) is 118 cm³/mol. The van der Waals surface area contributed by atoms with Gasteiger partial charge in [0.15, 0.2) is 11.5 Å². The van der Waals surface area contributed by atoms with Crippen molar-refractivity contribution in [2.45, 2.75) is 57.4 Å². The van der Waals surface area contributed by atoms with E-state index in [1.165, 1.54) is 53.5 Å². The minimum absolute atomic E-state index is 0.258. The van der Waals surface area contributed by atoms with Crippen LogP contribution in [-0.2, 0) is 26.0 Å². The summed E-state index contributed by atoms with van der Waals surface area (Å²) in [5, 5.41) is 0. The maximum absolute atomic E-state index is 12.4. The first-order valence-electron chi connectivity index (χ1n) is 10.4. The molecule has 1 aliphatic rings. The van der Waals surface area contributed by atoms with Crippen LogP contribution in [0.3, 0.4) is 0 Å². The van der Waals surface area contributed by atoms with Gasteiger partial charge in [0.2, 0.25) is 0 Å². The first-order chi connectivity index (χ1) is 14.9. The lowest BCUT2D eigenvalue weighted by atomic mass is 9.98. The van der Waals surface area contributed by atoms with Crippen molar-refractivity contribution in [3.63, 3.8) is 0 Å². The summed E-state index contributed by atoms with van der Waals surface area (Å²) in [6.45, 7) is 7.03. The van der Waals surface area contributed by atoms with Gasteiger partial charge in [-0.2, -0.15) is 0 Å². The van der Waals surface area contributed by atoms with Crippen molar-refractivity contribution in [2.24, 2.45) is 0 Å². The fraction of sp³-hybridized carbons (Fsp3) is 0.458. The molecule has 0 atom stereocenters. The van der Waals surface area contributed by atoms with Crippen molar-refractivity contribution in [2.75, 3.05) is 18.1 Å². The predicted octanol–water partition coefficient (Wildman–Crippen LogP) is 5.83. The van der Waals surface area contributed by atoms with E-state index in [4.69, 9.17) is 9.47 Å².